The summed E-state index contributed by atoms with van der Waals surface area (Å²) in [5.74, 6) is 0. The van der Waals surface area contributed by atoms with E-state index >= 15 is 0 Å². The van der Waals surface area contributed by atoms with E-state index in [1.807, 2.05) is 0 Å². The number of nitrogens with zero attached hydrogens (tertiary/aromatic N) is 4. The minimum Gasteiger partial charge on any atom is -1.00 e. The molecular formula is C28H60Br4N8. The number of hydrogen-bond acceptors (Lipinski definition) is 4. The van der Waals surface area contributed by atoms with E-state index in [4.69, 9.17) is 0 Å². The zero-order valence-electron chi connectivity index (χ0n) is 25.1. The minimum absolute atomic E-state index is 0. The van der Waals surface area contributed by atoms with Gasteiger partial charge in [-0.05, 0) is 0 Å². The predicted molar refractivity (Wildman–Crippen MR) is 149 cm³/mol. The normalized spacial score (nSPS) is 38.4. The van der Waals surface area contributed by atoms with E-state index in [-0.39, 0.29) is 67.9 Å². The van der Waals surface area contributed by atoms with Gasteiger partial charge in [0, 0.05) is 78.0 Å². The van der Waals surface area contributed by atoms with Gasteiger partial charge in [-0.15, -0.1) is 0 Å². The average molecular weight is 828 g/mol. The maximum absolute atomic E-state index is 3.57. The summed E-state index contributed by atoms with van der Waals surface area (Å²) in [7, 11) is 0. The average Bonchev–Trinajstić information content (AvgIpc) is 3.46. The predicted octanol–water partition coefficient (Wildman–Crippen LogP) is -12.7. The summed E-state index contributed by atoms with van der Waals surface area (Å²) in [6, 6.07) is 0. The summed E-state index contributed by atoms with van der Waals surface area (Å²) in [5, 5.41) is 14.3. The molecule has 6 saturated heterocycles. The van der Waals surface area contributed by atoms with Crippen LogP contribution in [0.5, 0.6) is 0 Å². The van der Waals surface area contributed by atoms with Gasteiger partial charge in [0.15, 0.2) is 0 Å². The van der Waals surface area contributed by atoms with E-state index in [0.29, 0.717) is 0 Å². The SMILES string of the molecule is C1CNCC[N+]2(C1)CC[N+]1(CCCNCC1)CC2.C1CNCC[N+]2(C1)CC[N+]1(CCCNCC1)CC2.[Br-].[Br-].[Br-].[Br-]. The third kappa shape index (κ3) is 10.9. The Labute approximate surface area is 288 Å². The zero-order chi connectivity index (χ0) is 24.6. The summed E-state index contributed by atoms with van der Waals surface area (Å²) in [6.45, 7) is 32.5. The van der Waals surface area contributed by atoms with Gasteiger partial charge in [-0.3, -0.25) is 0 Å². The molecule has 0 radical (unpaired) electrons. The Hall–Kier alpha value is 1.60. The van der Waals surface area contributed by atoms with Crippen LogP contribution in [0.25, 0.3) is 0 Å². The molecule has 6 fully saturated rings. The fourth-order valence-corrected chi connectivity index (χ4v) is 8.30. The number of halogens is 4. The second-order valence-electron chi connectivity index (χ2n) is 13.4. The van der Waals surface area contributed by atoms with Gasteiger partial charge < -0.3 is 107 Å². The second kappa shape index (κ2) is 19.2. The highest BCUT2D eigenvalue weighted by molar-refractivity contribution is 4.66. The number of nitrogens with one attached hydrogen (secondary N) is 4. The number of quaternary nitrogens is 4. The van der Waals surface area contributed by atoms with E-state index in [9.17, 15) is 0 Å². The van der Waals surface area contributed by atoms with Gasteiger partial charge in [0.25, 0.3) is 0 Å². The Balaban J connectivity index is 0.000000364. The van der Waals surface area contributed by atoms with Crippen LogP contribution in [-0.2, 0) is 0 Å². The topological polar surface area (TPSA) is 48.1 Å². The summed E-state index contributed by atoms with van der Waals surface area (Å²) in [5.41, 5.74) is 0. The summed E-state index contributed by atoms with van der Waals surface area (Å²) < 4.78 is 5.67. The first kappa shape index (κ1) is 39.6. The molecule has 0 aliphatic carbocycles. The molecule has 12 heteroatoms. The van der Waals surface area contributed by atoms with Crippen molar-refractivity contribution < 1.29 is 85.9 Å². The van der Waals surface area contributed by atoms with Crippen molar-refractivity contribution in [2.24, 2.45) is 0 Å². The Bertz CT molecular complexity index is 521. The Kier molecular flexibility index (Phi) is 19.0. The molecule has 0 aromatic rings. The summed E-state index contributed by atoms with van der Waals surface area (Å²) in [6.07, 6.45) is 5.51. The molecule has 6 aliphatic rings. The molecule has 0 bridgehead atoms. The first-order chi connectivity index (χ1) is 17.7. The molecule has 6 heterocycles. The molecule has 0 atom stereocenters. The highest BCUT2D eigenvalue weighted by atomic mass is 79.9. The fourth-order valence-electron chi connectivity index (χ4n) is 8.30. The molecule has 0 unspecified atom stereocenters. The van der Waals surface area contributed by atoms with Crippen LogP contribution in [-0.4, -0.2) is 175 Å². The van der Waals surface area contributed by atoms with Crippen LogP contribution in [0, 0.1) is 0 Å². The summed E-state index contributed by atoms with van der Waals surface area (Å²) in [4.78, 5) is 0. The van der Waals surface area contributed by atoms with E-state index in [1.54, 1.807) is 0 Å². The lowest BCUT2D eigenvalue weighted by atomic mass is 10.1. The van der Waals surface area contributed by atoms with Crippen molar-refractivity contribution in [1.82, 2.24) is 21.3 Å². The van der Waals surface area contributed by atoms with Crippen molar-refractivity contribution in [2.45, 2.75) is 25.7 Å². The third-order valence-electron chi connectivity index (χ3n) is 11.2. The van der Waals surface area contributed by atoms with Crippen LogP contribution in [0.15, 0.2) is 0 Å². The van der Waals surface area contributed by atoms with Crippen LogP contribution < -0.4 is 89.2 Å². The molecule has 40 heavy (non-hydrogen) atoms. The molecule has 0 aromatic heterocycles. The third-order valence-corrected chi connectivity index (χ3v) is 11.2. The standard InChI is InChI=1S/2C14H30N4.4BrH/c2*1-3-15-5-9-17(7-1)11-13-18(14-12-17)8-2-4-16-6-10-18;;;;/h2*15-16H,1-14H2;4*1H/q2*+2;;;;/p-4. The van der Waals surface area contributed by atoms with Crippen molar-refractivity contribution in [1.29, 1.82) is 0 Å². The first-order valence-electron chi connectivity index (χ1n) is 15.9. The lowest BCUT2D eigenvalue weighted by Crippen LogP contribution is -3.00. The van der Waals surface area contributed by atoms with Crippen LogP contribution in [0.2, 0.25) is 0 Å². The van der Waals surface area contributed by atoms with Crippen molar-refractivity contribution in [3.05, 3.63) is 0 Å². The minimum atomic E-state index is 0. The maximum Gasteiger partial charge on any atom is 0.129 e. The fraction of sp³-hybridized carbons (Fsp3) is 1.00. The molecule has 8 nitrogen and oxygen atoms in total. The Morgan fingerprint density at radius 3 is 0.625 bits per heavy atom. The highest BCUT2D eigenvalue weighted by Crippen LogP contribution is 2.23. The molecule has 240 valence electrons. The van der Waals surface area contributed by atoms with Crippen molar-refractivity contribution in [3.8, 4) is 0 Å². The van der Waals surface area contributed by atoms with Gasteiger partial charge >= 0.3 is 0 Å². The van der Waals surface area contributed by atoms with Crippen LogP contribution in [0.3, 0.4) is 0 Å². The number of rotatable bonds is 0. The van der Waals surface area contributed by atoms with E-state index < -0.39 is 0 Å². The Morgan fingerprint density at radius 2 is 0.425 bits per heavy atom. The maximum atomic E-state index is 3.57. The lowest BCUT2D eigenvalue weighted by Gasteiger charge is -2.49. The molecule has 4 N–H and O–H groups in total. The van der Waals surface area contributed by atoms with Crippen molar-refractivity contribution in [2.75, 3.05) is 157 Å². The van der Waals surface area contributed by atoms with Crippen LogP contribution in [0.1, 0.15) is 25.7 Å². The first-order valence-corrected chi connectivity index (χ1v) is 15.9. The smallest absolute Gasteiger partial charge is 0.129 e. The van der Waals surface area contributed by atoms with Gasteiger partial charge in [-0.1, -0.05) is 0 Å². The highest BCUT2D eigenvalue weighted by Gasteiger charge is 2.43. The van der Waals surface area contributed by atoms with Crippen LogP contribution in [0.4, 0.5) is 0 Å². The van der Waals surface area contributed by atoms with Gasteiger partial charge in [0.2, 0.25) is 0 Å². The molecule has 0 aromatic carbocycles. The van der Waals surface area contributed by atoms with Crippen molar-refractivity contribution in [3.63, 3.8) is 0 Å². The van der Waals surface area contributed by atoms with Crippen LogP contribution >= 0.6 is 0 Å². The largest absolute Gasteiger partial charge is 1.00 e. The monoisotopic (exact) mass is 824 g/mol. The molecule has 0 saturated carbocycles. The summed E-state index contributed by atoms with van der Waals surface area (Å²) >= 11 is 0. The number of hydrogen-bond donors (Lipinski definition) is 4. The van der Waals surface area contributed by atoms with Gasteiger partial charge in [-0.25, -0.2) is 0 Å². The molecule has 6 rings (SSSR count). The van der Waals surface area contributed by atoms with Gasteiger partial charge in [0.05, 0.1) is 52.4 Å². The quantitative estimate of drug-likeness (QED) is 0.184. The Morgan fingerprint density at radius 1 is 0.225 bits per heavy atom. The zero-order valence-corrected chi connectivity index (χ0v) is 31.4. The number of piperazine rings is 2. The van der Waals surface area contributed by atoms with E-state index in [2.05, 4.69) is 21.3 Å². The molecule has 0 amide bonds. The molecular weight excluding hydrogens is 768 g/mol. The molecule has 6 aliphatic heterocycles. The van der Waals surface area contributed by atoms with Gasteiger partial charge in [-0.2, -0.15) is 0 Å². The van der Waals surface area contributed by atoms with Gasteiger partial charge in [0.1, 0.15) is 52.4 Å². The second-order valence-corrected chi connectivity index (χ2v) is 13.4. The van der Waals surface area contributed by atoms with E-state index in [1.165, 1.54) is 201 Å². The lowest BCUT2D eigenvalue weighted by molar-refractivity contribution is -1.03. The van der Waals surface area contributed by atoms with E-state index in [0.717, 1.165) is 0 Å². The molecule has 4 spiro atoms. The van der Waals surface area contributed by atoms with Crippen molar-refractivity contribution >= 4 is 0 Å².